The number of aromatic amines is 1. The highest BCUT2D eigenvalue weighted by Crippen LogP contribution is 2.38. The van der Waals surface area contributed by atoms with Crippen LogP contribution in [0.4, 0.5) is 0 Å². The van der Waals surface area contributed by atoms with E-state index in [0.717, 1.165) is 40.1 Å². The Kier molecular flexibility index (Phi) is 5.60. The Morgan fingerprint density at radius 2 is 1.76 bits per heavy atom. The molecule has 37 heavy (non-hydrogen) atoms. The van der Waals surface area contributed by atoms with Crippen molar-refractivity contribution in [3.63, 3.8) is 0 Å². The maximum absolute atomic E-state index is 13.2. The van der Waals surface area contributed by atoms with E-state index in [1.807, 2.05) is 54.6 Å². The van der Waals surface area contributed by atoms with Crippen LogP contribution < -0.4 is 10.3 Å². The molecule has 7 heteroatoms. The minimum Gasteiger partial charge on any atom is -0.496 e. The van der Waals surface area contributed by atoms with Crippen LogP contribution in [0.25, 0.3) is 27.7 Å². The average molecular weight is 491 g/mol. The van der Waals surface area contributed by atoms with Crippen molar-refractivity contribution in [1.29, 1.82) is 0 Å². The summed E-state index contributed by atoms with van der Waals surface area (Å²) in [4.78, 5) is 21.1. The highest BCUT2D eigenvalue weighted by atomic mass is 16.5. The fourth-order valence-electron chi connectivity index (χ4n) is 5.20. The molecule has 0 aliphatic rings. The van der Waals surface area contributed by atoms with E-state index in [4.69, 9.17) is 14.2 Å². The molecular formula is C30H26N4O3. The number of H-pyrrole nitrogens is 1. The van der Waals surface area contributed by atoms with Gasteiger partial charge in [0.1, 0.15) is 23.0 Å². The highest BCUT2D eigenvalue weighted by molar-refractivity contribution is 5.90. The number of fused-ring (bicyclic) bond motifs is 3. The van der Waals surface area contributed by atoms with Crippen LogP contribution in [-0.4, -0.2) is 26.6 Å². The van der Waals surface area contributed by atoms with Gasteiger partial charge in [0.05, 0.1) is 35.5 Å². The number of aryl methyl sites for hydroxylation is 2. The Hall–Kier alpha value is -4.65. The van der Waals surface area contributed by atoms with Gasteiger partial charge in [-0.05, 0) is 37.5 Å². The Balaban J connectivity index is 1.63. The third-order valence-corrected chi connectivity index (χ3v) is 6.93. The van der Waals surface area contributed by atoms with Gasteiger partial charge in [-0.3, -0.25) is 9.20 Å². The zero-order valence-electron chi connectivity index (χ0n) is 20.9. The van der Waals surface area contributed by atoms with E-state index < -0.39 is 0 Å². The standard InChI is InChI=1S/C30H26N4O3/c1-18-28(19(2)37-33-18)24-15-23-25(16-26(24)36-3)34-27(32-30(23)35)17-31-29(34)22(21-12-8-5-9-13-21)14-20-10-6-4-7-11-20/h4-13,15-17,22H,14H2,1-3H3,(H,32,35). The number of benzene rings is 3. The van der Waals surface area contributed by atoms with E-state index in [1.54, 1.807) is 13.3 Å². The molecule has 0 radical (unpaired) electrons. The fraction of sp³-hybridized carbons (Fsp3) is 0.167. The maximum Gasteiger partial charge on any atom is 0.258 e. The van der Waals surface area contributed by atoms with Crippen LogP contribution in [0.1, 0.15) is 34.3 Å². The number of rotatable bonds is 6. The van der Waals surface area contributed by atoms with Gasteiger partial charge >= 0.3 is 0 Å². The first-order valence-corrected chi connectivity index (χ1v) is 12.2. The van der Waals surface area contributed by atoms with Gasteiger partial charge in [0.15, 0.2) is 0 Å². The van der Waals surface area contributed by atoms with Crippen LogP contribution in [-0.2, 0) is 6.42 Å². The molecule has 6 rings (SSSR count). The molecule has 1 atom stereocenters. The second-order valence-corrected chi connectivity index (χ2v) is 9.21. The number of nitrogens with zero attached hydrogens (tertiary/aromatic N) is 3. The summed E-state index contributed by atoms with van der Waals surface area (Å²) in [6.07, 6.45) is 2.49. The van der Waals surface area contributed by atoms with E-state index in [-0.39, 0.29) is 11.5 Å². The van der Waals surface area contributed by atoms with Crippen molar-refractivity contribution in [3.05, 3.63) is 118 Å². The van der Waals surface area contributed by atoms with Gasteiger partial charge in [0, 0.05) is 17.5 Å². The molecule has 3 heterocycles. The minimum absolute atomic E-state index is 0.0339. The summed E-state index contributed by atoms with van der Waals surface area (Å²) in [6.45, 7) is 3.74. The van der Waals surface area contributed by atoms with E-state index >= 15 is 0 Å². The van der Waals surface area contributed by atoms with Gasteiger partial charge in [-0.1, -0.05) is 65.8 Å². The predicted molar refractivity (Wildman–Crippen MR) is 143 cm³/mol. The Morgan fingerprint density at radius 3 is 2.43 bits per heavy atom. The summed E-state index contributed by atoms with van der Waals surface area (Å²) in [7, 11) is 1.63. The van der Waals surface area contributed by atoms with Gasteiger partial charge in [-0.25, -0.2) is 4.98 Å². The molecule has 1 unspecified atom stereocenters. The zero-order chi connectivity index (χ0) is 25.5. The largest absolute Gasteiger partial charge is 0.496 e. The van der Waals surface area contributed by atoms with E-state index in [0.29, 0.717) is 22.5 Å². The molecule has 3 aromatic heterocycles. The average Bonchev–Trinajstić information content (AvgIpc) is 3.50. The molecule has 0 aliphatic carbocycles. The topological polar surface area (TPSA) is 85.4 Å². The molecule has 0 bridgehead atoms. The lowest BCUT2D eigenvalue weighted by Gasteiger charge is -2.18. The van der Waals surface area contributed by atoms with Crippen molar-refractivity contribution in [2.75, 3.05) is 7.11 Å². The summed E-state index contributed by atoms with van der Waals surface area (Å²) in [5.41, 5.74) is 5.86. The molecule has 7 nitrogen and oxygen atoms in total. The molecule has 184 valence electrons. The third-order valence-electron chi connectivity index (χ3n) is 6.93. The molecule has 1 N–H and O–H groups in total. The molecule has 0 saturated carbocycles. The number of hydrogen-bond acceptors (Lipinski definition) is 5. The molecule has 3 aromatic carbocycles. The molecule has 0 spiro atoms. The lowest BCUT2D eigenvalue weighted by atomic mass is 9.91. The van der Waals surface area contributed by atoms with Gasteiger partial charge in [-0.15, -0.1) is 0 Å². The maximum atomic E-state index is 13.2. The minimum atomic E-state index is -0.191. The predicted octanol–water partition coefficient (Wildman–Crippen LogP) is 5.83. The van der Waals surface area contributed by atoms with Gasteiger partial charge < -0.3 is 14.2 Å². The van der Waals surface area contributed by atoms with Crippen LogP contribution in [0, 0.1) is 13.8 Å². The smallest absolute Gasteiger partial charge is 0.258 e. The first-order chi connectivity index (χ1) is 18.0. The number of aromatic nitrogens is 4. The summed E-state index contributed by atoms with van der Waals surface area (Å²) in [6, 6.07) is 24.5. The van der Waals surface area contributed by atoms with Crippen LogP contribution in [0.15, 0.2) is 88.3 Å². The lowest BCUT2D eigenvalue weighted by Crippen LogP contribution is -2.14. The monoisotopic (exact) mass is 490 g/mol. The van der Waals surface area contributed by atoms with Crippen molar-refractivity contribution in [2.45, 2.75) is 26.2 Å². The van der Waals surface area contributed by atoms with Gasteiger partial charge in [-0.2, -0.15) is 0 Å². The normalized spacial score (nSPS) is 12.3. The summed E-state index contributed by atoms with van der Waals surface area (Å²) in [5, 5.41) is 4.63. The van der Waals surface area contributed by atoms with Gasteiger partial charge in [0.2, 0.25) is 0 Å². The Bertz CT molecular complexity index is 1760. The number of imidazole rings is 1. The molecule has 0 aliphatic heterocycles. The molecule has 0 fully saturated rings. The van der Waals surface area contributed by atoms with E-state index in [1.165, 1.54) is 5.56 Å². The van der Waals surface area contributed by atoms with Crippen LogP contribution >= 0.6 is 0 Å². The molecular weight excluding hydrogens is 464 g/mol. The third kappa shape index (κ3) is 3.89. The summed E-state index contributed by atoms with van der Waals surface area (Å²) in [5.74, 6) is 2.11. The molecule has 6 aromatic rings. The Morgan fingerprint density at radius 1 is 1.03 bits per heavy atom. The SMILES string of the molecule is COc1cc2c(cc1-c1c(C)noc1C)c(=O)[nH]c1cnc(C(Cc3ccccc3)c3ccccc3)n12. The first-order valence-electron chi connectivity index (χ1n) is 12.2. The van der Waals surface area contributed by atoms with Crippen molar-refractivity contribution < 1.29 is 9.26 Å². The van der Waals surface area contributed by atoms with Crippen LogP contribution in [0.5, 0.6) is 5.75 Å². The molecule has 0 amide bonds. The Labute approximate surface area is 213 Å². The summed E-state index contributed by atoms with van der Waals surface area (Å²) >= 11 is 0. The quantitative estimate of drug-likeness (QED) is 0.317. The second kappa shape index (κ2) is 9.09. The van der Waals surface area contributed by atoms with Crippen molar-refractivity contribution in [2.24, 2.45) is 0 Å². The van der Waals surface area contributed by atoms with Crippen molar-refractivity contribution in [3.8, 4) is 16.9 Å². The number of ether oxygens (including phenoxy) is 1. The van der Waals surface area contributed by atoms with Crippen LogP contribution in [0.3, 0.4) is 0 Å². The number of hydrogen-bond donors (Lipinski definition) is 1. The number of methoxy groups -OCH3 is 1. The first kappa shape index (κ1) is 22.8. The fourth-order valence-corrected chi connectivity index (χ4v) is 5.20. The number of nitrogens with one attached hydrogen (secondary N) is 1. The zero-order valence-corrected chi connectivity index (χ0v) is 20.9. The van der Waals surface area contributed by atoms with E-state index in [9.17, 15) is 4.79 Å². The highest BCUT2D eigenvalue weighted by Gasteiger charge is 2.24. The van der Waals surface area contributed by atoms with Crippen molar-refractivity contribution >= 4 is 16.6 Å². The summed E-state index contributed by atoms with van der Waals surface area (Å²) < 4.78 is 13.3. The van der Waals surface area contributed by atoms with Gasteiger partial charge in [0.25, 0.3) is 5.56 Å². The van der Waals surface area contributed by atoms with Crippen molar-refractivity contribution in [1.82, 2.24) is 19.5 Å². The second-order valence-electron chi connectivity index (χ2n) is 9.21. The van der Waals surface area contributed by atoms with Crippen LogP contribution in [0.2, 0.25) is 0 Å². The molecule has 0 saturated heterocycles. The lowest BCUT2D eigenvalue weighted by molar-refractivity contribution is 0.393. The van der Waals surface area contributed by atoms with E-state index in [2.05, 4.69) is 46.5 Å².